The third kappa shape index (κ3) is 16.9. The summed E-state index contributed by atoms with van der Waals surface area (Å²) in [5.41, 5.74) is 2.94. The molecule has 0 aliphatic rings. The molecule has 470 valence electrons. The minimum Gasteiger partial charge on any atom is -0.493 e. The molecule has 0 N–H and O–H groups in total. The van der Waals surface area contributed by atoms with Gasteiger partial charge in [-0.15, -0.1) is 0 Å². The lowest BCUT2D eigenvalue weighted by atomic mass is 9.92. The molecule has 0 aromatic heterocycles. The van der Waals surface area contributed by atoms with Gasteiger partial charge in [0.25, 0.3) is 0 Å². The van der Waals surface area contributed by atoms with Gasteiger partial charge in [0.2, 0.25) is 0 Å². The second-order valence-electron chi connectivity index (χ2n) is 21.1. The molecule has 0 saturated carbocycles. The molecule has 0 bridgehead atoms. The van der Waals surface area contributed by atoms with Crippen LogP contribution in [0.2, 0.25) is 0 Å². The Kier molecular flexibility index (Phi) is 20.9. The lowest BCUT2D eigenvalue weighted by molar-refractivity contribution is -0.140. The Morgan fingerprint density at radius 2 is 0.628 bits per heavy atom. The molecule has 0 aliphatic heterocycles. The van der Waals surface area contributed by atoms with Gasteiger partial charge in [-0.2, -0.15) is 0 Å². The van der Waals surface area contributed by atoms with Crippen LogP contribution in [0.15, 0.2) is 243 Å². The van der Waals surface area contributed by atoms with Crippen LogP contribution in [0.25, 0.3) is 32.7 Å². The van der Waals surface area contributed by atoms with Crippen molar-refractivity contribution in [3.05, 3.63) is 276 Å². The van der Waals surface area contributed by atoms with Gasteiger partial charge in [0, 0.05) is 29.6 Å². The summed E-state index contributed by atoms with van der Waals surface area (Å²) >= 11 is 0. The Morgan fingerprint density at radius 1 is 0.309 bits per heavy atom. The van der Waals surface area contributed by atoms with Crippen molar-refractivity contribution < 1.29 is 85.7 Å². The van der Waals surface area contributed by atoms with Crippen LogP contribution in [0.1, 0.15) is 88.8 Å². The van der Waals surface area contributed by atoms with Crippen molar-refractivity contribution in [2.75, 3.05) is 26.4 Å². The molecule has 0 radical (unpaired) electrons. The van der Waals surface area contributed by atoms with E-state index in [1.54, 1.807) is 80.6 Å². The zero-order valence-corrected chi connectivity index (χ0v) is 50.8. The Hall–Kier alpha value is -12.4. The van der Waals surface area contributed by atoms with E-state index in [1.165, 1.54) is 97.1 Å². The summed E-state index contributed by atoms with van der Waals surface area (Å²) in [7, 11) is 0. The summed E-state index contributed by atoms with van der Waals surface area (Å²) in [5.74, 6) is -2.93. The van der Waals surface area contributed by atoms with Gasteiger partial charge in [0.15, 0.2) is 0 Å². The molecule has 94 heavy (non-hydrogen) atoms. The zero-order chi connectivity index (χ0) is 66.1. The molecule has 0 saturated heterocycles. The molecule has 0 fully saturated rings. The average molecular weight is 1260 g/mol. The smallest absolute Gasteiger partial charge is 0.343 e. The molecule has 18 nitrogen and oxygen atoms in total. The summed E-state index contributed by atoms with van der Waals surface area (Å²) in [6.45, 7) is 11.2. The largest absolute Gasteiger partial charge is 0.493 e. The number of carbonyl (C=O) groups is 8. The molecular formula is C76H58O18. The molecular weight excluding hydrogens is 1200 g/mol. The molecule has 0 unspecified atom stereocenters. The van der Waals surface area contributed by atoms with Gasteiger partial charge in [-0.3, -0.25) is 0 Å². The predicted molar refractivity (Wildman–Crippen MR) is 347 cm³/mol. The van der Waals surface area contributed by atoms with Crippen molar-refractivity contribution in [1.29, 1.82) is 0 Å². The maximum absolute atomic E-state index is 14.0. The van der Waals surface area contributed by atoms with Crippen molar-refractivity contribution in [2.45, 2.75) is 26.7 Å². The minimum atomic E-state index is -0.709. The van der Waals surface area contributed by atoms with E-state index in [4.69, 9.17) is 47.4 Å². The van der Waals surface area contributed by atoms with E-state index in [1.807, 2.05) is 54.6 Å². The molecule has 0 heterocycles. The van der Waals surface area contributed by atoms with E-state index in [9.17, 15) is 38.4 Å². The van der Waals surface area contributed by atoms with Crippen molar-refractivity contribution in [1.82, 2.24) is 0 Å². The summed E-state index contributed by atoms with van der Waals surface area (Å²) < 4.78 is 55.8. The average Bonchev–Trinajstić information content (AvgIpc) is 0.775. The lowest BCUT2D eigenvalue weighted by Crippen LogP contribution is -2.11. The van der Waals surface area contributed by atoms with Gasteiger partial charge in [0.1, 0.15) is 46.0 Å². The van der Waals surface area contributed by atoms with Crippen molar-refractivity contribution in [2.24, 2.45) is 0 Å². The summed E-state index contributed by atoms with van der Waals surface area (Å²) in [5, 5.41) is 3.07. The van der Waals surface area contributed by atoms with Crippen molar-refractivity contribution in [3.63, 3.8) is 0 Å². The first-order chi connectivity index (χ1) is 45.5. The van der Waals surface area contributed by atoms with Crippen molar-refractivity contribution >= 4 is 69.3 Å². The second-order valence-corrected chi connectivity index (χ2v) is 21.1. The van der Waals surface area contributed by atoms with Crippen LogP contribution in [0, 0.1) is 0 Å². The first-order valence-corrected chi connectivity index (χ1v) is 29.4. The third-order valence-electron chi connectivity index (χ3n) is 14.1. The van der Waals surface area contributed by atoms with E-state index in [2.05, 4.69) is 13.2 Å². The van der Waals surface area contributed by atoms with E-state index >= 15 is 0 Å². The molecule has 0 amide bonds. The van der Waals surface area contributed by atoms with Gasteiger partial charge >= 0.3 is 47.8 Å². The SMILES string of the molecule is C=C(C)C(=O)OCCCOc1ccc(C(=O)Oc2ccc(C(=O)Oc3ccc(C(=O)Oc4cc(-c5c(OC(=O)c6ccc(OC(=O)c7ccc(OC(=O)c8ccc(OCCCOC(=O)C(=C)C)cc8)cc7)cc6)ccc6ccccc56)c5ccccc5c4)cc3)cc2)cc1. The molecule has 0 spiro atoms. The number of fused-ring (bicyclic) bond motifs is 2. The standard InChI is InChI=1S/C76H58O18/c1-47(2)69(77)87-43-9-41-85-57-28-15-50(16-29-57)71(79)89-59-32-19-52(20-33-59)73(81)91-61-36-23-54(24-37-61)75(83)93-63-45-56-12-6-7-13-64(56)66(46-63)68-65-14-8-5-11-49(65)27-40-67(68)94-76(84)55-25-38-62(39-26-55)92-74(82)53-21-34-60(35-22-53)90-72(80)51-17-30-58(31-18-51)86-42-10-44-88-70(78)48(3)4/h5-8,11-40,45-46H,1,3,9-10,41-44H2,2,4H3. The highest BCUT2D eigenvalue weighted by molar-refractivity contribution is 6.09. The number of rotatable bonds is 25. The summed E-state index contributed by atoms with van der Waals surface area (Å²) in [6, 6.07) is 57.9. The highest BCUT2D eigenvalue weighted by Gasteiger charge is 2.22. The number of hydrogen-bond acceptors (Lipinski definition) is 18. The van der Waals surface area contributed by atoms with Crippen LogP contribution in [0.4, 0.5) is 0 Å². The van der Waals surface area contributed by atoms with E-state index < -0.39 is 47.8 Å². The zero-order valence-electron chi connectivity index (χ0n) is 50.8. The summed E-state index contributed by atoms with van der Waals surface area (Å²) in [6.07, 6.45) is 0.934. The number of ether oxygens (including phenoxy) is 10. The highest BCUT2D eigenvalue weighted by Crippen LogP contribution is 2.43. The Labute approximate surface area is 539 Å². The first-order valence-electron chi connectivity index (χ1n) is 29.4. The van der Waals surface area contributed by atoms with Gasteiger partial charge in [-0.05, 0) is 205 Å². The van der Waals surface area contributed by atoms with E-state index in [0.29, 0.717) is 59.8 Å². The van der Waals surface area contributed by atoms with Crippen LogP contribution in [0.3, 0.4) is 0 Å². The molecule has 18 heteroatoms. The molecule has 10 aromatic carbocycles. The van der Waals surface area contributed by atoms with E-state index in [0.717, 1.165) is 21.5 Å². The van der Waals surface area contributed by atoms with Crippen molar-refractivity contribution in [3.8, 4) is 57.1 Å². The Morgan fingerprint density at radius 3 is 1.00 bits per heavy atom. The number of carbonyl (C=O) groups excluding carboxylic acids is 8. The van der Waals surface area contributed by atoms with Gasteiger partial charge < -0.3 is 47.4 Å². The Balaban J connectivity index is 0.735. The van der Waals surface area contributed by atoms with Gasteiger partial charge in [0.05, 0.1) is 59.8 Å². The maximum atomic E-state index is 14.0. The fourth-order valence-corrected chi connectivity index (χ4v) is 9.24. The minimum absolute atomic E-state index is 0.144. The number of esters is 8. The van der Waals surface area contributed by atoms with Crippen LogP contribution in [-0.4, -0.2) is 74.2 Å². The van der Waals surface area contributed by atoms with Crippen LogP contribution < -0.4 is 37.9 Å². The fourth-order valence-electron chi connectivity index (χ4n) is 9.24. The molecule has 0 aliphatic carbocycles. The quantitative estimate of drug-likeness (QED) is 0.0224. The Bertz CT molecular complexity index is 4500. The maximum Gasteiger partial charge on any atom is 0.343 e. The third-order valence-corrected chi connectivity index (χ3v) is 14.1. The second kappa shape index (κ2) is 30.4. The molecule has 10 aromatic rings. The monoisotopic (exact) mass is 1260 g/mol. The number of hydrogen-bond donors (Lipinski definition) is 0. The first kappa shape index (κ1) is 64.5. The highest BCUT2D eigenvalue weighted by atomic mass is 16.6. The number of benzene rings is 10. The van der Waals surface area contributed by atoms with Crippen LogP contribution in [0.5, 0.6) is 46.0 Å². The predicted octanol–water partition coefficient (Wildman–Crippen LogP) is 14.8. The molecule has 10 rings (SSSR count). The van der Waals surface area contributed by atoms with E-state index in [-0.39, 0.29) is 81.1 Å². The van der Waals surface area contributed by atoms with Gasteiger partial charge in [-0.25, -0.2) is 38.4 Å². The van der Waals surface area contributed by atoms with Crippen LogP contribution >= 0.6 is 0 Å². The van der Waals surface area contributed by atoms with Gasteiger partial charge in [-0.1, -0.05) is 67.8 Å². The topological polar surface area (TPSA) is 229 Å². The fraction of sp³-hybridized carbons (Fsp3) is 0.105. The molecule has 0 atom stereocenters. The van der Waals surface area contributed by atoms with Crippen LogP contribution in [-0.2, 0) is 19.1 Å². The normalized spacial score (nSPS) is 10.7. The summed E-state index contributed by atoms with van der Waals surface area (Å²) in [4.78, 5) is 103. The lowest BCUT2D eigenvalue weighted by Gasteiger charge is -2.17.